The van der Waals surface area contributed by atoms with E-state index in [1.54, 1.807) is 5.06 Å². The van der Waals surface area contributed by atoms with E-state index >= 15 is 0 Å². The first kappa shape index (κ1) is 28.2. The molecule has 2 saturated heterocycles. The molecule has 0 aliphatic carbocycles. The lowest BCUT2D eigenvalue weighted by molar-refractivity contribution is -0.178. The molecule has 2 bridgehead atoms. The number of rotatable bonds is 4. The Labute approximate surface area is 256 Å². The van der Waals surface area contributed by atoms with E-state index in [-0.39, 0.29) is 30.4 Å². The molecule has 0 unspecified atom stereocenters. The van der Waals surface area contributed by atoms with Crippen LogP contribution in [0.15, 0.2) is 91.0 Å². The molecule has 7 heteroatoms. The smallest absolute Gasteiger partial charge is 0.249 e. The van der Waals surface area contributed by atoms with Gasteiger partial charge in [-0.3, -0.25) is 14.4 Å². The molecule has 0 saturated carbocycles. The Bertz CT molecular complexity index is 1870. The Hall–Kier alpha value is -4.61. The molecule has 7 nitrogen and oxygen atoms in total. The number of amides is 2. The van der Waals surface area contributed by atoms with Gasteiger partial charge in [0.1, 0.15) is 0 Å². The first-order valence-corrected chi connectivity index (χ1v) is 15.0. The summed E-state index contributed by atoms with van der Waals surface area (Å²) in [6, 6.07) is 28.4. The Kier molecular flexibility index (Phi) is 6.94. The highest BCUT2D eigenvalue weighted by molar-refractivity contribution is 6.05. The SMILES string of the molecule is CON1[C@H]2C[C@@H](C(=O)N3C(=O)CC(C)(C)N3Cc3cccc4ccccc34)[C@@H]1c1cc(C#Cc3ccccc3)ccc1C2=O. The number of hydrogen-bond acceptors (Lipinski definition) is 6. The van der Waals surface area contributed by atoms with Crippen molar-refractivity contribution in [1.29, 1.82) is 0 Å². The molecule has 2 amide bonds. The number of carbonyl (C=O) groups excluding carboxylic acids is 3. The molecule has 0 spiro atoms. The first-order chi connectivity index (χ1) is 21.3. The van der Waals surface area contributed by atoms with E-state index in [4.69, 9.17) is 4.84 Å². The number of hydrogen-bond donors (Lipinski definition) is 0. The maximum Gasteiger partial charge on any atom is 0.249 e. The van der Waals surface area contributed by atoms with Crippen LogP contribution in [-0.4, -0.2) is 51.4 Å². The molecule has 3 atom stereocenters. The molecule has 3 heterocycles. The van der Waals surface area contributed by atoms with Crippen molar-refractivity contribution in [3.8, 4) is 11.8 Å². The fourth-order valence-corrected chi connectivity index (χ4v) is 7.07. The van der Waals surface area contributed by atoms with Gasteiger partial charge in [0.25, 0.3) is 0 Å². The van der Waals surface area contributed by atoms with E-state index in [0.717, 1.165) is 27.5 Å². The van der Waals surface area contributed by atoms with Crippen LogP contribution >= 0.6 is 0 Å². The zero-order chi connectivity index (χ0) is 30.6. The topological polar surface area (TPSA) is 70.2 Å². The fraction of sp³-hybridized carbons (Fsp3) is 0.270. The summed E-state index contributed by atoms with van der Waals surface area (Å²) in [4.78, 5) is 47.6. The Balaban J connectivity index is 1.25. The summed E-state index contributed by atoms with van der Waals surface area (Å²) in [6.07, 6.45) is 0.481. The summed E-state index contributed by atoms with van der Waals surface area (Å²) in [6.45, 7) is 4.39. The molecule has 0 N–H and O–H groups in total. The van der Waals surface area contributed by atoms with Crippen LogP contribution in [0.1, 0.15) is 65.3 Å². The van der Waals surface area contributed by atoms with Gasteiger partial charge in [0.15, 0.2) is 5.78 Å². The molecule has 220 valence electrons. The maximum atomic E-state index is 14.6. The molecule has 7 rings (SSSR count). The normalized spacial score (nSPS) is 22.6. The minimum Gasteiger partial charge on any atom is -0.301 e. The molecule has 44 heavy (non-hydrogen) atoms. The molecule has 0 aromatic heterocycles. The summed E-state index contributed by atoms with van der Waals surface area (Å²) in [5, 5.41) is 7.09. The van der Waals surface area contributed by atoms with Crippen LogP contribution in [0.4, 0.5) is 0 Å². The van der Waals surface area contributed by atoms with Gasteiger partial charge in [-0.25, -0.2) is 10.0 Å². The van der Waals surface area contributed by atoms with Crippen molar-refractivity contribution >= 4 is 28.4 Å². The summed E-state index contributed by atoms with van der Waals surface area (Å²) in [7, 11) is 1.53. The molecular weight excluding hydrogens is 550 g/mol. The molecule has 4 aromatic carbocycles. The molecule has 2 fully saturated rings. The highest BCUT2D eigenvalue weighted by Crippen LogP contribution is 2.49. The van der Waals surface area contributed by atoms with Crippen molar-refractivity contribution in [3.63, 3.8) is 0 Å². The lowest BCUT2D eigenvalue weighted by atomic mass is 9.89. The summed E-state index contributed by atoms with van der Waals surface area (Å²) < 4.78 is 0. The lowest BCUT2D eigenvalue weighted by Gasteiger charge is -2.38. The number of hydroxylamine groups is 2. The fourth-order valence-electron chi connectivity index (χ4n) is 7.07. The minimum atomic E-state index is -0.657. The third-order valence-corrected chi connectivity index (χ3v) is 9.20. The van der Waals surface area contributed by atoms with Gasteiger partial charge >= 0.3 is 0 Å². The summed E-state index contributed by atoms with van der Waals surface area (Å²) >= 11 is 0. The molecule has 4 aromatic rings. The summed E-state index contributed by atoms with van der Waals surface area (Å²) in [5.41, 5.74) is 3.37. The van der Waals surface area contributed by atoms with Crippen molar-refractivity contribution in [2.75, 3.05) is 7.11 Å². The largest absolute Gasteiger partial charge is 0.301 e. The van der Waals surface area contributed by atoms with E-state index < -0.39 is 23.5 Å². The van der Waals surface area contributed by atoms with Gasteiger partial charge in [0, 0.05) is 35.2 Å². The van der Waals surface area contributed by atoms with E-state index in [2.05, 4.69) is 30.0 Å². The molecule has 3 aliphatic heterocycles. The van der Waals surface area contributed by atoms with E-state index in [9.17, 15) is 14.4 Å². The van der Waals surface area contributed by atoms with Gasteiger partial charge in [0.2, 0.25) is 11.8 Å². The van der Waals surface area contributed by atoms with Crippen LogP contribution in [0.25, 0.3) is 10.8 Å². The van der Waals surface area contributed by atoms with E-state index in [1.165, 1.54) is 12.1 Å². The number of nitrogens with zero attached hydrogens (tertiary/aromatic N) is 3. The molecule has 0 radical (unpaired) electrons. The third-order valence-electron chi connectivity index (χ3n) is 9.20. The number of carbonyl (C=O) groups is 3. The number of imide groups is 1. The van der Waals surface area contributed by atoms with Crippen molar-refractivity contribution in [3.05, 3.63) is 119 Å². The highest BCUT2D eigenvalue weighted by Gasteiger charge is 2.57. The van der Waals surface area contributed by atoms with Crippen LogP contribution < -0.4 is 0 Å². The quantitative estimate of drug-likeness (QED) is 0.227. The highest BCUT2D eigenvalue weighted by atomic mass is 16.7. The Morgan fingerprint density at radius 3 is 2.43 bits per heavy atom. The van der Waals surface area contributed by atoms with Crippen LogP contribution in [0.5, 0.6) is 0 Å². The predicted octanol–water partition coefficient (Wildman–Crippen LogP) is 5.68. The second-order valence-electron chi connectivity index (χ2n) is 12.4. The number of ketones is 1. The average Bonchev–Trinajstić information content (AvgIpc) is 3.48. The zero-order valence-electron chi connectivity index (χ0n) is 25.0. The number of benzene rings is 4. The zero-order valence-corrected chi connectivity index (χ0v) is 25.0. The molecular formula is C37H33N3O4. The first-order valence-electron chi connectivity index (χ1n) is 15.0. The molecule has 3 aliphatic rings. The van der Waals surface area contributed by atoms with Gasteiger partial charge in [-0.15, -0.1) is 0 Å². The second kappa shape index (κ2) is 10.8. The minimum absolute atomic E-state index is 0.0864. The third kappa shape index (κ3) is 4.63. The van der Waals surface area contributed by atoms with Gasteiger partial charge < -0.3 is 4.84 Å². The van der Waals surface area contributed by atoms with E-state index in [1.807, 2.05) is 91.7 Å². The van der Waals surface area contributed by atoms with Crippen molar-refractivity contribution in [2.24, 2.45) is 5.92 Å². The van der Waals surface area contributed by atoms with Gasteiger partial charge in [0.05, 0.1) is 25.1 Å². The van der Waals surface area contributed by atoms with Crippen LogP contribution in [0.3, 0.4) is 0 Å². The average molecular weight is 584 g/mol. The number of hydrazine groups is 1. The Morgan fingerprint density at radius 2 is 1.64 bits per heavy atom. The predicted molar refractivity (Wildman–Crippen MR) is 167 cm³/mol. The van der Waals surface area contributed by atoms with Crippen LogP contribution in [0.2, 0.25) is 0 Å². The number of fused-ring (bicyclic) bond motifs is 5. The standard InChI is InChI=1S/C37H33N3O4/c1-37(2)22-33(41)39(38(37)23-27-14-9-13-26-12-7-8-15-28(26)27)36(43)31-21-32-35(42)29-19-18-25(17-16-24-10-5-4-6-11-24)20-30(29)34(31)40(32)44-3/h4-15,18-20,31-32,34H,21-23H2,1-3H3/t31-,32+,34+/m1/s1. The Morgan fingerprint density at radius 1 is 0.909 bits per heavy atom. The summed E-state index contributed by atoms with van der Waals surface area (Å²) in [5.74, 6) is 5.09. The van der Waals surface area contributed by atoms with E-state index in [0.29, 0.717) is 17.7 Å². The monoisotopic (exact) mass is 583 g/mol. The number of Topliss-reactive ketones (excluding diaryl/α,β-unsaturated/α-hetero) is 1. The van der Waals surface area contributed by atoms with Crippen molar-refractivity contribution in [1.82, 2.24) is 15.1 Å². The second-order valence-corrected chi connectivity index (χ2v) is 12.4. The maximum absolute atomic E-state index is 14.6. The van der Waals surface area contributed by atoms with Gasteiger partial charge in [-0.05, 0) is 72.5 Å². The lowest BCUT2D eigenvalue weighted by Crippen LogP contribution is -2.51. The van der Waals surface area contributed by atoms with Crippen LogP contribution in [-0.2, 0) is 21.0 Å². The van der Waals surface area contributed by atoms with Crippen molar-refractivity contribution in [2.45, 2.75) is 50.9 Å². The van der Waals surface area contributed by atoms with Crippen molar-refractivity contribution < 1.29 is 19.2 Å². The van der Waals surface area contributed by atoms with Gasteiger partial charge in [-0.2, -0.15) is 5.06 Å². The van der Waals surface area contributed by atoms with Gasteiger partial charge in [-0.1, -0.05) is 72.5 Å². The van der Waals surface area contributed by atoms with Crippen LogP contribution in [0, 0.1) is 17.8 Å².